The third kappa shape index (κ3) is 7.45. The van der Waals surface area contributed by atoms with E-state index in [1.807, 2.05) is 30.5 Å². The molecule has 7 nitrogen and oxygen atoms in total. The quantitative estimate of drug-likeness (QED) is 0.237. The number of nitrogens with one attached hydrogen (secondary N) is 2. The highest BCUT2D eigenvalue weighted by molar-refractivity contribution is 7.99. The van der Waals surface area contributed by atoms with E-state index in [1.54, 1.807) is 30.3 Å². The van der Waals surface area contributed by atoms with Gasteiger partial charge in [-0.25, -0.2) is 0 Å². The van der Waals surface area contributed by atoms with Gasteiger partial charge in [0.2, 0.25) is 5.91 Å². The van der Waals surface area contributed by atoms with E-state index in [9.17, 15) is 9.59 Å². The average molecular weight is 526 g/mol. The van der Waals surface area contributed by atoms with Gasteiger partial charge in [-0.05, 0) is 61.6 Å². The summed E-state index contributed by atoms with van der Waals surface area (Å²) in [4.78, 5) is 25.6. The number of benzene rings is 2. The van der Waals surface area contributed by atoms with Crippen LogP contribution in [0.25, 0.3) is 0 Å². The van der Waals surface area contributed by atoms with E-state index in [-0.39, 0.29) is 29.5 Å². The Hall–Kier alpha value is -3.10. The van der Waals surface area contributed by atoms with Gasteiger partial charge in [0.1, 0.15) is 0 Å². The fraction of sp³-hybridized carbons (Fsp3) is 0.333. The SMILES string of the molecule is C=CCn1c(SCC(=O)Nc2cc(C)cc(C)c2)nnc1[C@@H](CC(C)C)NC(=O)c1ccccc1Cl. The fourth-order valence-electron chi connectivity index (χ4n) is 3.92. The van der Waals surface area contributed by atoms with Crippen molar-refractivity contribution in [3.63, 3.8) is 0 Å². The first-order valence-corrected chi connectivity index (χ1v) is 13.1. The lowest BCUT2D eigenvalue weighted by Gasteiger charge is -2.21. The number of hydrogen-bond acceptors (Lipinski definition) is 5. The smallest absolute Gasteiger partial charge is 0.253 e. The van der Waals surface area contributed by atoms with E-state index < -0.39 is 0 Å². The predicted molar refractivity (Wildman–Crippen MR) is 147 cm³/mol. The number of hydrogen-bond donors (Lipinski definition) is 2. The summed E-state index contributed by atoms with van der Waals surface area (Å²) in [5.41, 5.74) is 3.35. The largest absolute Gasteiger partial charge is 0.342 e. The standard InChI is InChI=1S/C27H32ClN5O2S/c1-6-11-33-25(23(12-17(2)3)30-26(35)21-9-7-8-10-22(21)28)31-32-27(33)36-16-24(34)29-20-14-18(4)13-19(5)15-20/h6-10,13-15,17,23H,1,11-12,16H2,2-5H3,(H,29,34)(H,30,35)/t23-/m1/s1. The van der Waals surface area contributed by atoms with Gasteiger partial charge < -0.3 is 15.2 Å². The predicted octanol–water partition coefficient (Wildman–Crippen LogP) is 5.98. The van der Waals surface area contributed by atoms with E-state index in [0.29, 0.717) is 34.5 Å². The van der Waals surface area contributed by atoms with Crippen LogP contribution >= 0.6 is 23.4 Å². The fourth-order valence-corrected chi connectivity index (χ4v) is 4.90. The highest BCUT2D eigenvalue weighted by Crippen LogP contribution is 2.26. The minimum Gasteiger partial charge on any atom is -0.342 e. The molecule has 0 aliphatic heterocycles. The van der Waals surface area contributed by atoms with Crippen molar-refractivity contribution in [1.29, 1.82) is 0 Å². The second-order valence-corrected chi connectivity index (χ2v) is 10.4. The van der Waals surface area contributed by atoms with Crippen LogP contribution in [0.3, 0.4) is 0 Å². The number of carbonyl (C=O) groups excluding carboxylic acids is 2. The molecule has 0 saturated carbocycles. The lowest BCUT2D eigenvalue weighted by molar-refractivity contribution is -0.113. The summed E-state index contributed by atoms with van der Waals surface area (Å²) in [6.45, 7) is 12.4. The molecule has 3 rings (SSSR count). The number of halogens is 1. The Morgan fingerprint density at radius 2 is 1.83 bits per heavy atom. The van der Waals surface area contributed by atoms with Crippen molar-refractivity contribution >= 4 is 40.9 Å². The van der Waals surface area contributed by atoms with Crippen LogP contribution in [0, 0.1) is 19.8 Å². The van der Waals surface area contributed by atoms with Crippen LogP contribution in [0.15, 0.2) is 60.3 Å². The van der Waals surface area contributed by atoms with Gasteiger partial charge in [-0.15, -0.1) is 16.8 Å². The van der Waals surface area contributed by atoms with E-state index in [1.165, 1.54) is 11.8 Å². The molecule has 0 saturated heterocycles. The van der Waals surface area contributed by atoms with Gasteiger partial charge >= 0.3 is 0 Å². The number of aromatic nitrogens is 3. The first-order valence-electron chi connectivity index (χ1n) is 11.8. The number of allylic oxidation sites excluding steroid dienone is 1. The Balaban J connectivity index is 1.78. The van der Waals surface area contributed by atoms with Crippen LogP contribution < -0.4 is 10.6 Å². The number of carbonyl (C=O) groups is 2. The highest BCUT2D eigenvalue weighted by Gasteiger charge is 2.25. The molecular weight excluding hydrogens is 494 g/mol. The summed E-state index contributed by atoms with van der Waals surface area (Å²) < 4.78 is 1.89. The zero-order valence-electron chi connectivity index (χ0n) is 21.0. The molecule has 1 heterocycles. The molecule has 9 heteroatoms. The topological polar surface area (TPSA) is 88.9 Å². The van der Waals surface area contributed by atoms with Crippen molar-refractivity contribution in [1.82, 2.24) is 20.1 Å². The van der Waals surface area contributed by atoms with Crippen LogP contribution in [0.2, 0.25) is 5.02 Å². The van der Waals surface area contributed by atoms with Gasteiger partial charge in [0.15, 0.2) is 11.0 Å². The normalized spacial score (nSPS) is 11.8. The molecule has 190 valence electrons. The number of aryl methyl sites for hydroxylation is 2. The number of nitrogens with zero attached hydrogens (tertiary/aromatic N) is 3. The molecule has 1 aromatic heterocycles. The second-order valence-electron chi connectivity index (χ2n) is 9.09. The molecule has 3 aromatic rings. The Morgan fingerprint density at radius 3 is 2.47 bits per heavy atom. The summed E-state index contributed by atoms with van der Waals surface area (Å²) in [6.07, 6.45) is 2.40. The van der Waals surface area contributed by atoms with Crippen molar-refractivity contribution in [3.05, 3.63) is 82.7 Å². The van der Waals surface area contributed by atoms with Crippen molar-refractivity contribution in [2.75, 3.05) is 11.1 Å². The maximum atomic E-state index is 13.0. The minimum absolute atomic E-state index is 0.134. The molecule has 1 atom stereocenters. The van der Waals surface area contributed by atoms with E-state index >= 15 is 0 Å². The molecule has 36 heavy (non-hydrogen) atoms. The van der Waals surface area contributed by atoms with Crippen LogP contribution in [0.5, 0.6) is 0 Å². The van der Waals surface area contributed by atoms with Crippen molar-refractivity contribution < 1.29 is 9.59 Å². The maximum Gasteiger partial charge on any atom is 0.253 e. The molecule has 2 N–H and O–H groups in total. The minimum atomic E-state index is -0.389. The Bertz CT molecular complexity index is 1220. The van der Waals surface area contributed by atoms with E-state index in [4.69, 9.17) is 11.6 Å². The summed E-state index contributed by atoms with van der Waals surface area (Å²) >= 11 is 7.53. The zero-order chi connectivity index (χ0) is 26.2. The van der Waals surface area contributed by atoms with E-state index in [2.05, 4.69) is 47.3 Å². The molecule has 0 unspecified atom stereocenters. The first kappa shape index (κ1) is 27.5. The van der Waals surface area contributed by atoms with Crippen molar-refractivity contribution in [2.45, 2.75) is 51.9 Å². The first-order chi connectivity index (χ1) is 17.2. The van der Waals surface area contributed by atoms with Gasteiger partial charge in [0.05, 0.1) is 22.4 Å². The lowest BCUT2D eigenvalue weighted by atomic mass is 10.0. The lowest BCUT2D eigenvalue weighted by Crippen LogP contribution is -2.32. The summed E-state index contributed by atoms with van der Waals surface area (Å²) in [5, 5.41) is 15.7. The van der Waals surface area contributed by atoms with Gasteiger partial charge in [-0.1, -0.05) is 61.5 Å². The van der Waals surface area contributed by atoms with Crippen LogP contribution in [-0.4, -0.2) is 32.3 Å². The number of thioether (sulfide) groups is 1. The summed E-state index contributed by atoms with van der Waals surface area (Å²) in [7, 11) is 0. The molecular formula is C27H32ClN5O2S. The van der Waals surface area contributed by atoms with Gasteiger partial charge in [-0.3, -0.25) is 9.59 Å². The van der Waals surface area contributed by atoms with Gasteiger partial charge in [0, 0.05) is 12.2 Å². The second kappa shape index (κ2) is 12.7. The van der Waals surface area contributed by atoms with Gasteiger partial charge in [0.25, 0.3) is 5.91 Å². The Kier molecular flexibility index (Phi) is 9.73. The number of rotatable bonds is 11. The molecule has 2 aromatic carbocycles. The molecule has 0 bridgehead atoms. The maximum absolute atomic E-state index is 13.0. The van der Waals surface area contributed by atoms with E-state index in [0.717, 1.165) is 16.8 Å². The van der Waals surface area contributed by atoms with Crippen LogP contribution in [0.1, 0.15) is 53.6 Å². The molecule has 0 fully saturated rings. The summed E-state index contributed by atoms with van der Waals surface area (Å²) in [6, 6.07) is 12.5. The number of amides is 2. The molecule has 0 spiro atoms. The monoisotopic (exact) mass is 525 g/mol. The van der Waals surface area contributed by atoms with Crippen molar-refractivity contribution in [2.24, 2.45) is 5.92 Å². The third-order valence-electron chi connectivity index (χ3n) is 5.34. The average Bonchev–Trinajstić information content (AvgIpc) is 3.19. The summed E-state index contributed by atoms with van der Waals surface area (Å²) in [5.74, 6) is 0.659. The van der Waals surface area contributed by atoms with Gasteiger partial charge in [-0.2, -0.15) is 0 Å². The highest BCUT2D eigenvalue weighted by atomic mass is 35.5. The zero-order valence-corrected chi connectivity index (χ0v) is 22.6. The molecule has 0 aliphatic carbocycles. The van der Waals surface area contributed by atoms with Crippen LogP contribution in [0.4, 0.5) is 5.69 Å². The van der Waals surface area contributed by atoms with Crippen molar-refractivity contribution in [3.8, 4) is 0 Å². The molecule has 0 aliphatic rings. The molecule has 0 radical (unpaired) electrons. The Labute approximate surface area is 221 Å². The number of anilines is 1. The molecule has 2 amide bonds. The Morgan fingerprint density at radius 1 is 1.14 bits per heavy atom. The third-order valence-corrected chi connectivity index (χ3v) is 6.63. The van der Waals surface area contributed by atoms with Crippen LogP contribution in [-0.2, 0) is 11.3 Å².